The maximum Gasteiger partial charge on any atom is 0.213 e. The third-order valence-corrected chi connectivity index (χ3v) is 2.71. The van der Waals surface area contributed by atoms with E-state index in [9.17, 15) is 0 Å². The molecule has 5 nitrogen and oxygen atoms in total. The first-order valence-corrected chi connectivity index (χ1v) is 5.49. The van der Waals surface area contributed by atoms with Crippen LogP contribution in [-0.4, -0.2) is 36.4 Å². The van der Waals surface area contributed by atoms with Gasteiger partial charge in [0.1, 0.15) is 0 Å². The molecule has 0 aliphatic carbocycles. The summed E-state index contributed by atoms with van der Waals surface area (Å²) < 4.78 is 9.96. The number of ether oxygens (including phenoxy) is 1. The molecule has 1 aromatic heterocycles. The summed E-state index contributed by atoms with van der Waals surface area (Å²) in [6, 6.07) is 0. The summed E-state index contributed by atoms with van der Waals surface area (Å²) in [4.78, 5) is 3.96. The van der Waals surface area contributed by atoms with Gasteiger partial charge in [0.2, 0.25) is 6.39 Å². The molecule has 1 N–H and O–H groups in total. The quantitative estimate of drug-likeness (QED) is 0.724. The van der Waals surface area contributed by atoms with Crippen LogP contribution in [-0.2, 0) is 11.2 Å². The number of rotatable bonds is 5. The number of hydrogen-bond acceptors (Lipinski definition) is 5. The minimum absolute atomic E-state index is 0.768. The van der Waals surface area contributed by atoms with Gasteiger partial charge in [-0.05, 0) is 25.3 Å². The molecule has 1 saturated heterocycles. The Kier molecular flexibility index (Phi) is 4.11. The Bertz CT molecular complexity index is 258. The fraction of sp³-hybridized carbons (Fsp3) is 0.800. The highest BCUT2D eigenvalue weighted by Gasteiger charge is 2.12. The zero-order valence-corrected chi connectivity index (χ0v) is 8.82. The molecule has 1 aliphatic heterocycles. The van der Waals surface area contributed by atoms with Crippen LogP contribution in [0.15, 0.2) is 10.9 Å². The molecular weight excluding hydrogens is 194 g/mol. The lowest BCUT2D eigenvalue weighted by Gasteiger charge is -2.22. The lowest BCUT2D eigenvalue weighted by molar-refractivity contribution is 0.0664. The highest BCUT2D eigenvalue weighted by molar-refractivity contribution is 4.78. The van der Waals surface area contributed by atoms with Crippen LogP contribution in [0, 0.1) is 5.92 Å². The molecule has 0 radical (unpaired) electrons. The van der Waals surface area contributed by atoms with Crippen LogP contribution < -0.4 is 5.32 Å². The molecular formula is C10H17N3O2. The van der Waals surface area contributed by atoms with Crippen molar-refractivity contribution < 1.29 is 9.26 Å². The second-order valence-corrected chi connectivity index (χ2v) is 3.86. The van der Waals surface area contributed by atoms with Gasteiger partial charge in [-0.15, -0.1) is 0 Å². The van der Waals surface area contributed by atoms with Gasteiger partial charge in [0.05, 0.1) is 0 Å². The second kappa shape index (κ2) is 5.82. The molecule has 1 aliphatic rings. The molecule has 0 atom stereocenters. The summed E-state index contributed by atoms with van der Waals surface area (Å²) in [7, 11) is 0. The Morgan fingerprint density at radius 1 is 1.40 bits per heavy atom. The van der Waals surface area contributed by atoms with Gasteiger partial charge in [0.15, 0.2) is 5.82 Å². The van der Waals surface area contributed by atoms with Crippen molar-refractivity contribution in [3.63, 3.8) is 0 Å². The van der Waals surface area contributed by atoms with Gasteiger partial charge in [0, 0.05) is 26.2 Å². The molecule has 0 amide bonds. The van der Waals surface area contributed by atoms with E-state index in [0.29, 0.717) is 0 Å². The summed E-state index contributed by atoms with van der Waals surface area (Å²) >= 11 is 0. The molecule has 0 saturated carbocycles. The first kappa shape index (κ1) is 10.6. The Labute approximate surface area is 89.2 Å². The fourth-order valence-electron chi connectivity index (χ4n) is 1.76. The average Bonchev–Trinajstić information content (AvgIpc) is 2.79. The van der Waals surface area contributed by atoms with Crippen LogP contribution in [0.2, 0.25) is 0 Å². The maximum atomic E-state index is 5.30. The second-order valence-electron chi connectivity index (χ2n) is 3.86. The van der Waals surface area contributed by atoms with Crippen molar-refractivity contribution in [2.75, 3.05) is 26.3 Å². The number of hydrogen-bond donors (Lipinski definition) is 1. The van der Waals surface area contributed by atoms with E-state index in [0.717, 1.165) is 44.5 Å². The van der Waals surface area contributed by atoms with Crippen LogP contribution in [0.5, 0.6) is 0 Å². The monoisotopic (exact) mass is 211 g/mol. The standard InChI is InChI=1S/C10H17N3O2/c1(10-12-8-15-13-10)4-11-7-9-2-5-14-6-3-9/h8-9,11H,1-7H2. The minimum atomic E-state index is 0.768. The van der Waals surface area contributed by atoms with Gasteiger partial charge in [-0.1, -0.05) is 5.16 Å². The normalized spacial score (nSPS) is 18.1. The van der Waals surface area contributed by atoms with E-state index in [2.05, 4.69) is 20.0 Å². The van der Waals surface area contributed by atoms with Crippen molar-refractivity contribution in [2.24, 2.45) is 5.92 Å². The van der Waals surface area contributed by atoms with Crippen molar-refractivity contribution in [3.8, 4) is 0 Å². The third-order valence-electron chi connectivity index (χ3n) is 2.71. The molecule has 2 heterocycles. The van der Waals surface area contributed by atoms with Gasteiger partial charge in [-0.3, -0.25) is 0 Å². The third kappa shape index (κ3) is 3.60. The lowest BCUT2D eigenvalue weighted by Crippen LogP contribution is -2.29. The summed E-state index contributed by atoms with van der Waals surface area (Å²) in [5.41, 5.74) is 0. The van der Waals surface area contributed by atoms with E-state index >= 15 is 0 Å². The van der Waals surface area contributed by atoms with Crippen LogP contribution in [0.1, 0.15) is 18.7 Å². The Morgan fingerprint density at radius 3 is 3.00 bits per heavy atom. The fourth-order valence-corrected chi connectivity index (χ4v) is 1.76. The summed E-state index contributed by atoms with van der Waals surface area (Å²) in [6.45, 7) is 3.81. The molecule has 1 aromatic rings. The Balaban J connectivity index is 1.54. The smallest absolute Gasteiger partial charge is 0.213 e. The summed E-state index contributed by atoms with van der Waals surface area (Å²) in [5, 5.41) is 7.17. The molecule has 84 valence electrons. The van der Waals surface area contributed by atoms with Gasteiger partial charge in [-0.2, -0.15) is 4.98 Å². The molecule has 2 rings (SSSR count). The van der Waals surface area contributed by atoms with Gasteiger partial charge < -0.3 is 14.6 Å². The van der Waals surface area contributed by atoms with Gasteiger partial charge >= 0.3 is 0 Å². The molecule has 0 spiro atoms. The molecule has 1 fully saturated rings. The molecule has 0 aromatic carbocycles. The van der Waals surface area contributed by atoms with Crippen molar-refractivity contribution in [1.29, 1.82) is 0 Å². The largest absolute Gasteiger partial charge is 0.381 e. The number of nitrogens with zero attached hydrogens (tertiary/aromatic N) is 2. The predicted octanol–water partition coefficient (Wildman–Crippen LogP) is 0.628. The molecule has 0 bridgehead atoms. The first-order chi connectivity index (χ1) is 7.45. The zero-order valence-electron chi connectivity index (χ0n) is 8.82. The van der Waals surface area contributed by atoms with E-state index in [1.54, 1.807) is 0 Å². The highest BCUT2D eigenvalue weighted by Crippen LogP contribution is 2.12. The molecule has 15 heavy (non-hydrogen) atoms. The van der Waals surface area contributed by atoms with Crippen molar-refractivity contribution in [1.82, 2.24) is 15.5 Å². The summed E-state index contributed by atoms with van der Waals surface area (Å²) in [6.07, 6.45) is 4.55. The summed E-state index contributed by atoms with van der Waals surface area (Å²) in [5.74, 6) is 1.54. The topological polar surface area (TPSA) is 60.2 Å². The van der Waals surface area contributed by atoms with E-state index in [1.165, 1.54) is 19.2 Å². The minimum Gasteiger partial charge on any atom is -0.381 e. The molecule has 0 unspecified atom stereocenters. The van der Waals surface area contributed by atoms with E-state index in [1.807, 2.05) is 0 Å². The molecule has 5 heteroatoms. The van der Waals surface area contributed by atoms with Crippen LogP contribution in [0.3, 0.4) is 0 Å². The zero-order chi connectivity index (χ0) is 10.3. The van der Waals surface area contributed by atoms with Crippen LogP contribution in [0.4, 0.5) is 0 Å². The van der Waals surface area contributed by atoms with Crippen molar-refractivity contribution in [2.45, 2.75) is 19.3 Å². The highest BCUT2D eigenvalue weighted by atomic mass is 16.5. The first-order valence-electron chi connectivity index (χ1n) is 5.49. The SMILES string of the molecule is c1nc(CCNCC2CCOCC2)no1. The van der Waals surface area contributed by atoms with Gasteiger partial charge in [0.25, 0.3) is 0 Å². The predicted molar refractivity (Wildman–Crippen MR) is 54.4 cm³/mol. The van der Waals surface area contributed by atoms with Crippen LogP contribution in [0.25, 0.3) is 0 Å². The van der Waals surface area contributed by atoms with Crippen molar-refractivity contribution >= 4 is 0 Å². The number of nitrogens with one attached hydrogen (secondary N) is 1. The van der Waals surface area contributed by atoms with Crippen molar-refractivity contribution in [3.05, 3.63) is 12.2 Å². The lowest BCUT2D eigenvalue weighted by atomic mass is 10.0. The van der Waals surface area contributed by atoms with E-state index < -0.39 is 0 Å². The van der Waals surface area contributed by atoms with E-state index in [4.69, 9.17) is 4.74 Å². The Hall–Kier alpha value is -0.940. The van der Waals surface area contributed by atoms with Crippen LogP contribution >= 0.6 is 0 Å². The van der Waals surface area contributed by atoms with Gasteiger partial charge in [-0.25, -0.2) is 0 Å². The Morgan fingerprint density at radius 2 is 2.27 bits per heavy atom. The average molecular weight is 211 g/mol. The number of aromatic nitrogens is 2. The van der Waals surface area contributed by atoms with E-state index in [-0.39, 0.29) is 0 Å². The maximum absolute atomic E-state index is 5.30.